The molecular weight excluding hydrogens is 806 g/mol. The van der Waals surface area contributed by atoms with E-state index in [4.69, 9.17) is 24.1 Å². The number of amidine groups is 1. The third-order valence-electron chi connectivity index (χ3n) is 8.74. The number of allylic oxidation sites excluding steroid dienone is 2. The average Bonchev–Trinajstić information content (AvgIpc) is 3.19. The van der Waals surface area contributed by atoms with Crippen LogP contribution in [0.2, 0.25) is 0 Å². The predicted octanol–water partition coefficient (Wildman–Crippen LogP) is 5.38. The van der Waals surface area contributed by atoms with Gasteiger partial charge in [0.1, 0.15) is 29.3 Å². The summed E-state index contributed by atoms with van der Waals surface area (Å²) in [5.41, 5.74) is 0.863. The number of carbonyl (C=O) groups excluding carboxylic acids is 6. The molecule has 6 amide bonds. The minimum Gasteiger partial charge on any atom is -0.481 e. The van der Waals surface area contributed by atoms with Gasteiger partial charge in [-0.1, -0.05) is 24.3 Å². The fourth-order valence-electron chi connectivity index (χ4n) is 6.08. The van der Waals surface area contributed by atoms with E-state index in [0.29, 0.717) is 23.2 Å². The first kappa shape index (κ1) is 48.5. The molecule has 2 aliphatic heterocycles. The van der Waals surface area contributed by atoms with E-state index in [1.165, 1.54) is 62.4 Å². The molecule has 18 nitrogen and oxygen atoms in total. The molecule has 0 fully saturated rings. The quantitative estimate of drug-likeness (QED) is 0.120. The van der Waals surface area contributed by atoms with E-state index in [0.717, 1.165) is 24.1 Å². The number of halogens is 2. The van der Waals surface area contributed by atoms with Crippen molar-refractivity contribution in [1.29, 1.82) is 0 Å². The second-order valence-corrected chi connectivity index (χ2v) is 14.3. The number of carbonyl (C=O) groups is 7. The number of hydrogen-bond acceptors (Lipinski definition) is 12. The van der Waals surface area contributed by atoms with Crippen molar-refractivity contribution in [2.75, 3.05) is 34.4 Å². The maximum absolute atomic E-state index is 13.5. The smallest absolute Gasteiger partial charge is 0.338 e. The minimum atomic E-state index is -1.14. The van der Waals surface area contributed by atoms with Crippen LogP contribution in [0.25, 0.3) is 0 Å². The Balaban J connectivity index is 0.000000330. The number of carboxylic acids is 1. The maximum atomic E-state index is 13.5. The van der Waals surface area contributed by atoms with E-state index >= 15 is 0 Å². The highest BCUT2D eigenvalue weighted by Crippen LogP contribution is 2.37. The van der Waals surface area contributed by atoms with Crippen molar-refractivity contribution in [2.45, 2.75) is 78.0 Å². The first-order valence-corrected chi connectivity index (χ1v) is 18.8. The van der Waals surface area contributed by atoms with E-state index in [1.807, 2.05) is 0 Å². The summed E-state index contributed by atoms with van der Waals surface area (Å²) < 4.78 is 47.1. The number of benzene rings is 2. The second kappa shape index (κ2) is 21.9. The summed E-state index contributed by atoms with van der Waals surface area (Å²) in [5.74, 6) is -3.80. The van der Waals surface area contributed by atoms with Crippen molar-refractivity contribution in [3.8, 4) is 0 Å². The average molecular weight is 857 g/mol. The summed E-state index contributed by atoms with van der Waals surface area (Å²) >= 11 is 0. The predicted molar refractivity (Wildman–Crippen MR) is 213 cm³/mol. The van der Waals surface area contributed by atoms with E-state index in [-0.39, 0.29) is 61.2 Å². The topological polar surface area (TPSA) is 232 Å². The summed E-state index contributed by atoms with van der Waals surface area (Å²) in [6.45, 7) is 8.59. The van der Waals surface area contributed by atoms with E-state index in [1.54, 1.807) is 27.7 Å². The Morgan fingerprint density at radius 2 is 1.21 bits per heavy atom. The molecule has 4 rings (SSSR count). The lowest BCUT2D eigenvalue weighted by Gasteiger charge is -2.36. The summed E-state index contributed by atoms with van der Waals surface area (Å²) in [6, 6.07) is 6.06. The molecule has 61 heavy (non-hydrogen) atoms. The molecule has 2 unspecified atom stereocenters. The third-order valence-corrected chi connectivity index (χ3v) is 8.74. The highest BCUT2D eigenvalue weighted by Gasteiger charge is 2.43. The molecule has 2 aromatic carbocycles. The molecule has 0 saturated heterocycles. The van der Waals surface area contributed by atoms with Crippen molar-refractivity contribution in [1.82, 2.24) is 25.8 Å². The fraction of sp³-hybridized carbons (Fsp3) is 0.415. The lowest BCUT2D eigenvalue weighted by Crippen LogP contribution is -2.54. The third kappa shape index (κ3) is 13.3. The van der Waals surface area contributed by atoms with Crippen LogP contribution >= 0.6 is 0 Å². The number of rotatable bonds is 12. The monoisotopic (exact) mass is 856 g/mol. The lowest BCUT2D eigenvalue weighted by molar-refractivity contribution is -0.155. The van der Waals surface area contributed by atoms with Gasteiger partial charge in [0.25, 0.3) is 0 Å². The molecule has 0 spiro atoms. The molecule has 0 bridgehead atoms. The lowest BCUT2D eigenvalue weighted by atomic mass is 9.94. The SMILES string of the molecule is COC(=O)C1=C(C)N=C(OC)N(C(=O)NCCCC(=O)OC(C)(C)C)C1c1ccc(F)cc1.COC(=O)C1=C(C)NC(=O)N(C(=O)NCCCC(=O)O)C1c1ccc(F)cc1. The maximum Gasteiger partial charge on any atom is 0.338 e. The Bertz CT molecular complexity index is 2060. The van der Waals surface area contributed by atoms with E-state index in [9.17, 15) is 42.3 Å². The molecule has 0 aliphatic carbocycles. The summed E-state index contributed by atoms with van der Waals surface area (Å²) in [5, 5.41) is 16.3. The van der Waals surface area contributed by atoms with Gasteiger partial charge in [-0.25, -0.2) is 47.5 Å². The Morgan fingerprint density at radius 3 is 1.67 bits per heavy atom. The van der Waals surface area contributed by atoms with Crippen molar-refractivity contribution in [2.24, 2.45) is 4.99 Å². The molecule has 0 radical (unpaired) electrons. The van der Waals surface area contributed by atoms with Crippen molar-refractivity contribution >= 4 is 48.0 Å². The van der Waals surface area contributed by atoms with Crippen LogP contribution in [0, 0.1) is 11.6 Å². The van der Waals surface area contributed by atoms with Crippen LogP contribution in [0.5, 0.6) is 0 Å². The van der Waals surface area contributed by atoms with Gasteiger partial charge in [-0.2, -0.15) is 0 Å². The molecule has 20 heteroatoms. The molecule has 2 atom stereocenters. The zero-order valence-corrected chi connectivity index (χ0v) is 35.1. The fourth-order valence-corrected chi connectivity index (χ4v) is 6.08. The molecular formula is C41H50F2N6O12. The summed E-state index contributed by atoms with van der Waals surface area (Å²) in [7, 11) is 3.73. The largest absolute Gasteiger partial charge is 0.481 e. The van der Waals surface area contributed by atoms with Crippen LogP contribution in [-0.2, 0) is 38.1 Å². The Morgan fingerprint density at radius 1 is 0.754 bits per heavy atom. The zero-order valence-electron chi connectivity index (χ0n) is 35.1. The number of aliphatic imine (C=N–C) groups is 1. The van der Waals surface area contributed by atoms with Gasteiger partial charge >= 0.3 is 48.0 Å². The van der Waals surface area contributed by atoms with Crippen LogP contribution in [0.1, 0.15) is 83.5 Å². The number of nitrogens with one attached hydrogen (secondary N) is 3. The first-order chi connectivity index (χ1) is 28.7. The van der Waals surface area contributed by atoms with E-state index in [2.05, 4.69) is 20.9 Å². The normalized spacial score (nSPS) is 16.3. The first-order valence-electron chi connectivity index (χ1n) is 18.8. The van der Waals surface area contributed by atoms with Crippen molar-refractivity contribution in [3.63, 3.8) is 0 Å². The summed E-state index contributed by atoms with van der Waals surface area (Å²) in [4.78, 5) is 91.8. The molecule has 0 aromatic heterocycles. The van der Waals surface area contributed by atoms with Crippen molar-refractivity contribution < 1.29 is 66.4 Å². The molecule has 4 N–H and O–H groups in total. The molecule has 2 heterocycles. The minimum absolute atomic E-state index is 0.0152. The number of ether oxygens (including phenoxy) is 4. The van der Waals surface area contributed by atoms with Crippen LogP contribution in [0.3, 0.4) is 0 Å². The Hall–Kier alpha value is -6.86. The number of amides is 6. The molecule has 2 aliphatic rings. The number of hydrogen-bond donors (Lipinski definition) is 4. The highest BCUT2D eigenvalue weighted by molar-refractivity contribution is 6.02. The van der Waals surface area contributed by atoms with Gasteiger partial charge in [0.15, 0.2) is 0 Å². The van der Waals surface area contributed by atoms with Gasteiger partial charge in [-0.15, -0.1) is 0 Å². The molecule has 330 valence electrons. The van der Waals surface area contributed by atoms with Gasteiger partial charge in [-0.05, 0) is 82.9 Å². The number of urea groups is 3. The zero-order chi connectivity index (χ0) is 45.6. The molecule has 2 aromatic rings. The van der Waals surface area contributed by atoms with Gasteiger partial charge in [-0.3, -0.25) is 9.59 Å². The van der Waals surface area contributed by atoms with Gasteiger partial charge in [0, 0.05) is 31.6 Å². The number of methoxy groups -OCH3 is 3. The summed E-state index contributed by atoms with van der Waals surface area (Å²) in [6.07, 6.45) is 0.473. The van der Waals surface area contributed by atoms with Gasteiger partial charge in [0.05, 0.1) is 38.2 Å². The Labute approximate surface area is 350 Å². The van der Waals surface area contributed by atoms with E-state index < -0.39 is 65.3 Å². The van der Waals surface area contributed by atoms with Crippen LogP contribution in [-0.4, -0.2) is 103 Å². The van der Waals surface area contributed by atoms with Crippen molar-refractivity contribution in [3.05, 3.63) is 93.8 Å². The number of carboxylic acid groups (broad SMARTS) is 1. The standard InChI is InChI=1S/C23H30FN3O6.C18H20FN3O6/c1-14-18(20(29)31-5)19(15-9-11-16(24)12-10-15)27(22(26-14)32-6)21(30)25-13-7-8-17(28)33-23(2,3)4;1-10-14(16(25)28-2)15(11-5-7-12(19)8-6-11)22(18(27)21-10)17(26)20-9-3-4-13(23)24/h9-12,19H,7-8,13H2,1-6H3,(H,25,30);5-8,15H,3-4,9H2,1-2H3,(H,20,26)(H,21,27)(H,23,24). The van der Waals surface area contributed by atoms with Crippen LogP contribution in [0.15, 0.2) is 76.1 Å². The molecule has 0 saturated carbocycles. The number of nitrogens with zero attached hydrogens (tertiary/aromatic N) is 3. The number of aliphatic carboxylic acids is 1. The number of imide groups is 1. The van der Waals surface area contributed by atoms with Gasteiger partial charge in [0.2, 0.25) is 0 Å². The van der Waals surface area contributed by atoms with Crippen LogP contribution in [0.4, 0.5) is 23.2 Å². The van der Waals surface area contributed by atoms with Gasteiger partial charge < -0.3 is 40.0 Å². The van der Waals surface area contributed by atoms with Crippen LogP contribution < -0.4 is 16.0 Å². The Kier molecular flexibility index (Phi) is 17.4. The number of esters is 3. The second-order valence-electron chi connectivity index (χ2n) is 14.3. The highest BCUT2D eigenvalue weighted by atomic mass is 19.1.